The van der Waals surface area contributed by atoms with Crippen LogP contribution in [0.3, 0.4) is 0 Å². The van der Waals surface area contributed by atoms with Crippen molar-refractivity contribution in [2.75, 3.05) is 21.3 Å². The quantitative estimate of drug-likeness (QED) is 0.348. The SMILES string of the molecule is COC(=O)c1cc2c(OC)c(OC)ccc2c2c1C=CC(c1ccccc1)(c1ccccc1)O2. The Bertz CT molecular complexity index is 1350. The number of methoxy groups -OCH3 is 3. The summed E-state index contributed by atoms with van der Waals surface area (Å²) in [7, 11) is 4.53. The van der Waals surface area contributed by atoms with Gasteiger partial charge in [0.15, 0.2) is 17.1 Å². The minimum absolute atomic E-state index is 0.391. The Balaban J connectivity index is 1.85. The van der Waals surface area contributed by atoms with E-state index in [0.717, 1.165) is 16.5 Å². The second-order valence-electron chi connectivity index (χ2n) is 7.96. The summed E-state index contributed by atoms with van der Waals surface area (Å²) < 4.78 is 23.2. The maximum absolute atomic E-state index is 12.8. The Morgan fingerprint density at radius 2 is 1.44 bits per heavy atom. The zero-order valence-electron chi connectivity index (χ0n) is 19.2. The Labute approximate surface area is 198 Å². The maximum atomic E-state index is 12.8. The molecule has 4 aromatic carbocycles. The number of ether oxygens (including phenoxy) is 4. The molecule has 0 saturated carbocycles. The number of carbonyl (C=O) groups excluding carboxylic acids is 1. The van der Waals surface area contributed by atoms with Crippen molar-refractivity contribution < 1.29 is 23.7 Å². The zero-order valence-corrected chi connectivity index (χ0v) is 19.2. The van der Waals surface area contributed by atoms with Crippen molar-refractivity contribution >= 4 is 22.8 Å². The van der Waals surface area contributed by atoms with Crippen LogP contribution in [-0.2, 0) is 10.3 Å². The van der Waals surface area contributed by atoms with Crippen molar-refractivity contribution in [3.05, 3.63) is 107 Å². The van der Waals surface area contributed by atoms with Gasteiger partial charge in [-0.3, -0.25) is 0 Å². The number of carbonyl (C=O) groups is 1. The van der Waals surface area contributed by atoms with Crippen molar-refractivity contribution in [1.82, 2.24) is 0 Å². The summed E-state index contributed by atoms with van der Waals surface area (Å²) in [6, 6.07) is 25.6. The highest BCUT2D eigenvalue weighted by Crippen LogP contribution is 2.49. The van der Waals surface area contributed by atoms with Crippen molar-refractivity contribution in [2.45, 2.75) is 5.60 Å². The Morgan fingerprint density at radius 1 is 0.794 bits per heavy atom. The highest BCUT2D eigenvalue weighted by molar-refractivity contribution is 6.06. The average molecular weight is 453 g/mol. The number of fused-ring (bicyclic) bond motifs is 3. The summed E-state index contributed by atoms with van der Waals surface area (Å²) in [6.45, 7) is 0. The molecular formula is C29H24O5. The second kappa shape index (κ2) is 8.60. The minimum Gasteiger partial charge on any atom is -0.493 e. The molecule has 5 rings (SSSR count). The highest BCUT2D eigenvalue weighted by atomic mass is 16.5. The molecule has 4 aromatic rings. The normalized spacial score (nSPS) is 13.6. The van der Waals surface area contributed by atoms with E-state index in [0.29, 0.717) is 33.8 Å². The van der Waals surface area contributed by atoms with E-state index < -0.39 is 11.6 Å². The van der Waals surface area contributed by atoms with Crippen molar-refractivity contribution in [3.63, 3.8) is 0 Å². The van der Waals surface area contributed by atoms with Gasteiger partial charge >= 0.3 is 5.97 Å². The van der Waals surface area contributed by atoms with Crippen molar-refractivity contribution in [1.29, 1.82) is 0 Å². The smallest absolute Gasteiger partial charge is 0.338 e. The van der Waals surface area contributed by atoms with E-state index in [1.54, 1.807) is 20.3 Å². The molecule has 0 unspecified atom stereocenters. The first-order valence-corrected chi connectivity index (χ1v) is 10.9. The largest absolute Gasteiger partial charge is 0.493 e. The summed E-state index contributed by atoms with van der Waals surface area (Å²) in [5, 5.41) is 1.51. The monoisotopic (exact) mass is 452 g/mol. The molecule has 0 atom stereocenters. The molecule has 34 heavy (non-hydrogen) atoms. The van der Waals surface area contributed by atoms with Crippen LogP contribution >= 0.6 is 0 Å². The van der Waals surface area contributed by atoms with Crippen LogP contribution in [0.5, 0.6) is 17.2 Å². The van der Waals surface area contributed by atoms with E-state index >= 15 is 0 Å². The molecule has 1 aliphatic heterocycles. The Morgan fingerprint density at radius 3 is 2.00 bits per heavy atom. The van der Waals surface area contributed by atoms with Crippen LogP contribution in [0.15, 0.2) is 84.9 Å². The molecule has 0 amide bonds. The van der Waals surface area contributed by atoms with Gasteiger partial charge in [-0.1, -0.05) is 60.7 Å². The van der Waals surface area contributed by atoms with E-state index in [9.17, 15) is 4.79 Å². The average Bonchev–Trinajstić information content (AvgIpc) is 2.91. The van der Waals surface area contributed by atoms with E-state index in [1.807, 2.05) is 84.9 Å². The topological polar surface area (TPSA) is 54.0 Å². The fourth-order valence-electron chi connectivity index (χ4n) is 4.58. The van der Waals surface area contributed by atoms with Crippen LogP contribution in [0.1, 0.15) is 27.0 Å². The minimum atomic E-state index is -0.885. The van der Waals surface area contributed by atoms with Gasteiger partial charge in [-0.15, -0.1) is 0 Å². The van der Waals surface area contributed by atoms with E-state index in [1.165, 1.54) is 7.11 Å². The van der Waals surface area contributed by atoms with Crippen LogP contribution in [0.25, 0.3) is 16.8 Å². The van der Waals surface area contributed by atoms with Crippen LogP contribution in [-0.4, -0.2) is 27.3 Å². The predicted octanol–water partition coefficient (Wildman–Crippen LogP) is 5.99. The molecule has 1 heterocycles. The summed E-state index contributed by atoms with van der Waals surface area (Å²) in [5.74, 6) is 1.21. The second-order valence-corrected chi connectivity index (χ2v) is 7.96. The van der Waals surface area contributed by atoms with E-state index in [4.69, 9.17) is 18.9 Å². The Hall–Kier alpha value is -4.25. The van der Waals surface area contributed by atoms with Crippen LogP contribution in [0.4, 0.5) is 0 Å². The molecule has 0 radical (unpaired) electrons. The fraction of sp³-hybridized carbons (Fsp3) is 0.138. The fourth-order valence-corrected chi connectivity index (χ4v) is 4.58. The van der Waals surface area contributed by atoms with E-state index in [2.05, 4.69) is 0 Å². The van der Waals surface area contributed by atoms with Gasteiger partial charge < -0.3 is 18.9 Å². The molecule has 0 fully saturated rings. The number of rotatable bonds is 5. The maximum Gasteiger partial charge on any atom is 0.338 e. The molecule has 0 saturated heterocycles. The highest BCUT2D eigenvalue weighted by Gasteiger charge is 2.39. The van der Waals surface area contributed by atoms with Gasteiger partial charge in [0, 0.05) is 27.5 Å². The first-order chi connectivity index (χ1) is 16.6. The predicted molar refractivity (Wildman–Crippen MR) is 132 cm³/mol. The summed E-state index contributed by atoms with van der Waals surface area (Å²) >= 11 is 0. The first kappa shape index (κ1) is 21.6. The molecule has 1 aliphatic rings. The molecule has 5 nitrogen and oxygen atoms in total. The van der Waals surface area contributed by atoms with Gasteiger partial charge in [0.05, 0.1) is 26.9 Å². The number of hydrogen-bond acceptors (Lipinski definition) is 5. The third-order valence-corrected chi connectivity index (χ3v) is 6.21. The lowest BCUT2D eigenvalue weighted by atomic mass is 9.82. The van der Waals surface area contributed by atoms with Gasteiger partial charge in [-0.2, -0.15) is 0 Å². The van der Waals surface area contributed by atoms with Gasteiger partial charge in [-0.25, -0.2) is 4.79 Å². The molecule has 0 aliphatic carbocycles. The van der Waals surface area contributed by atoms with Crippen LogP contribution in [0.2, 0.25) is 0 Å². The molecule has 0 N–H and O–H groups in total. The lowest BCUT2D eigenvalue weighted by Gasteiger charge is -2.37. The van der Waals surface area contributed by atoms with Gasteiger partial charge in [0.25, 0.3) is 0 Å². The number of esters is 1. The van der Waals surface area contributed by atoms with Crippen molar-refractivity contribution in [2.24, 2.45) is 0 Å². The third kappa shape index (κ3) is 3.28. The summed E-state index contributed by atoms with van der Waals surface area (Å²) in [5.41, 5.74) is 2.11. The third-order valence-electron chi connectivity index (χ3n) is 6.21. The van der Waals surface area contributed by atoms with Crippen LogP contribution in [0, 0.1) is 0 Å². The lowest BCUT2D eigenvalue weighted by molar-refractivity contribution is 0.0599. The van der Waals surface area contributed by atoms with Crippen LogP contribution < -0.4 is 14.2 Å². The van der Waals surface area contributed by atoms with E-state index in [-0.39, 0.29) is 0 Å². The Kier molecular flexibility index (Phi) is 5.46. The molecule has 0 aromatic heterocycles. The molecular weight excluding hydrogens is 428 g/mol. The summed E-state index contributed by atoms with van der Waals surface area (Å²) in [4.78, 5) is 12.8. The first-order valence-electron chi connectivity index (χ1n) is 10.9. The summed E-state index contributed by atoms with van der Waals surface area (Å²) in [6.07, 6.45) is 3.94. The molecule has 0 spiro atoms. The molecule has 0 bridgehead atoms. The van der Waals surface area contributed by atoms with Gasteiger partial charge in [0.2, 0.25) is 0 Å². The molecule has 5 heteroatoms. The molecule has 170 valence electrons. The zero-order chi connectivity index (χ0) is 23.7. The number of benzene rings is 4. The number of hydrogen-bond donors (Lipinski definition) is 0. The van der Waals surface area contributed by atoms with Gasteiger partial charge in [0.1, 0.15) is 5.75 Å². The van der Waals surface area contributed by atoms with Gasteiger partial charge in [-0.05, 0) is 30.4 Å². The standard InChI is InChI=1S/C29H24O5/c1-31-25-15-14-21-23(27(25)32-2)18-24(28(30)33-3)22-16-17-29(34-26(21)22,19-10-6-4-7-11-19)20-12-8-5-9-13-20/h4-18H,1-3H3. The van der Waals surface area contributed by atoms with Crippen molar-refractivity contribution in [3.8, 4) is 17.2 Å². The lowest BCUT2D eigenvalue weighted by Crippen LogP contribution is -2.34.